The monoisotopic (exact) mass is 625 g/mol. The molecule has 1 aromatic carbocycles. The second-order valence-corrected chi connectivity index (χ2v) is 16.9. The number of ether oxygens (including phenoxy) is 1. The summed E-state index contributed by atoms with van der Waals surface area (Å²) in [5.41, 5.74) is 2.45. The number of H-pyrrole nitrogens is 1. The minimum atomic E-state index is -1.27. The van der Waals surface area contributed by atoms with Crippen molar-refractivity contribution in [2.45, 2.75) is 38.5 Å². The maximum atomic E-state index is 12.9. The lowest BCUT2D eigenvalue weighted by molar-refractivity contribution is 0.0975. The van der Waals surface area contributed by atoms with E-state index in [0.29, 0.717) is 52.6 Å². The number of halogens is 2. The highest BCUT2D eigenvalue weighted by atomic mass is 79.9. The number of amides is 1. The summed E-state index contributed by atoms with van der Waals surface area (Å²) >= 11 is 6.61. The molecule has 0 saturated carbocycles. The van der Waals surface area contributed by atoms with E-state index in [1.165, 1.54) is 6.08 Å². The van der Waals surface area contributed by atoms with Crippen LogP contribution in [0.25, 0.3) is 0 Å². The molecule has 0 bridgehead atoms. The first kappa shape index (κ1) is 27.2. The van der Waals surface area contributed by atoms with Crippen molar-refractivity contribution in [3.63, 3.8) is 0 Å². The number of ketones is 2. The van der Waals surface area contributed by atoms with Crippen molar-refractivity contribution in [3.05, 3.63) is 61.4 Å². The predicted octanol–water partition coefficient (Wildman–Crippen LogP) is 4.95. The van der Waals surface area contributed by atoms with Crippen molar-refractivity contribution < 1.29 is 24.2 Å². The Morgan fingerprint density at radius 2 is 1.80 bits per heavy atom. The fourth-order valence-corrected chi connectivity index (χ4v) is 5.56. The number of allylic oxidation sites excluding steroid dienone is 2. The van der Waals surface area contributed by atoms with Crippen molar-refractivity contribution in [2.75, 3.05) is 19.7 Å². The average molecular weight is 627 g/mol. The van der Waals surface area contributed by atoms with Gasteiger partial charge in [0.25, 0.3) is 0 Å². The van der Waals surface area contributed by atoms with Crippen molar-refractivity contribution in [3.8, 4) is 5.75 Å². The van der Waals surface area contributed by atoms with Gasteiger partial charge in [0.15, 0.2) is 5.78 Å². The molecule has 1 aliphatic carbocycles. The van der Waals surface area contributed by atoms with E-state index in [9.17, 15) is 19.5 Å². The van der Waals surface area contributed by atoms with Crippen LogP contribution < -0.4 is 10.6 Å². The maximum absolute atomic E-state index is 12.9. The Morgan fingerprint density at radius 3 is 2.46 bits per heavy atom. The molecule has 11 heteroatoms. The van der Waals surface area contributed by atoms with E-state index in [1.54, 1.807) is 18.3 Å². The molecule has 0 fully saturated rings. The van der Waals surface area contributed by atoms with Gasteiger partial charge in [-0.3, -0.25) is 9.59 Å². The van der Waals surface area contributed by atoms with Crippen molar-refractivity contribution in [2.24, 2.45) is 0 Å². The number of hydrogen-bond donors (Lipinski definition) is 4. The summed E-state index contributed by atoms with van der Waals surface area (Å²) in [5, 5.41) is 15.6. The van der Waals surface area contributed by atoms with E-state index in [0.717, 1.165) is 11.6 Å². The number of carbonyl (C=O) groups is 3. The third-order valence-electron chi connectivity index (χ3n) is 5.51. The van der Waals surface area contributed by atoms with Crippen LogP contribution in [0, 0.1) is 0 Å². The summed E-state index contributed by atoms with van der Waals surface area (Å²) in [4.78, 5) is 40.5. The maximum Gasteiger partial charge on any atom is 0.407 e. The molecule has 0 unspecified atom stereocenters. The predicted molar refractivity (Wildman–Crippen MR) is 144 cm³/mol. The lowest BCUT2D eigenvalue weighted by Gasteiger charge is -2.16. The molecule has 1 aliphatic rings. The van der Waals surface area contributed by atoms with Crippen LogP contribution in [0.1, 0.15) is 32.0 Å². The summed E-state index contributed by atoms with van der Waals surface area (Å²) < 4.78 is 6.36. The molecule has 0 aliphatic heterocycles. The summed E-state index contributed by atoms with van der Waals surface area (Å²) in [6.45, 7) is 7.77. The van der Waals surface area contributed by atoms with Gasteiger partial charge in [-0.2, -0.15) is 0 Å². The van der Waals surface area contributed by atoms with Crippen molar-refractivity contribution in [1.82, 2.24) is 15.6 Å². The van der Waals surface area contributed by atoms with Gasteiger partial charge < -0.3 is 25.5 Å². The Morgan fingerprint density at radius 1 is 1.11 bits per heavy atom. The largest absolute Gasteiger partial charge is 0.506 e. The lowest BCUT2D eigenvalue weighted by Crippen LogP contribution is -2.30. The van der Waals surface area contributed by atoms with E-state index >= 15 is 0 Å². The van der Waals surface area contributed by atoms with Crippen LogP contribution in [0.15, 0.2) is 39.0 Å². The lowest BCUT2D eigenvalue weighted by atomic mass is 9.95. The molecule has 1 heterocycles. The number of Topliss-reactive ketones (excluding diaryl/α,β-unsaturated/α-hetero) is 1. The zero-order valence-corrected chi connectivity index (χ0v) is 24.1. The Bertz CT molecular complexity index is 1150. The van der Waals surface area contributed by atoms with Crippen LogP contribution in [-0.4, -0.2) is 55.5 Å². The molecule has 3 rings (SSSR count). The molecule has 1 aromatic heterocycles. The zero-order valence-electron chi connectivity index (χ0n) is 19.9. The SMILES string of the molecule is C[Si](C)(C)CCOC(=O)NCCc1c[nH]c2c1C(=O)C=C(NCCc1cc(Br)c(O)c(Br)c1)C2=O. The van der Waals surface area contributed by atoms with Gasteiger partial charge in [0.05, 0.1) is 32.5 Å². The van der Waals surface area contributed by atoms with Gasteiger partial charge >= 0.3 is 6.09 Å². The number of nitrogens with one attached hydrogen (secondary N) is 3. The molecular formula is C24H29Br2N3O5Si. The van der Waals surface area contributed by atoms with Gasteiger partial charge in [0, 0.05) is 33.4 Å². The number of aromatic nitrogens is 1. The van der Waals surface area contributed by atoms with E-state index in [4.69, 9.17) is 4.74 Å². The van der Waals surface area contributed by atoms with E-state index in [1.807, 2.05) is 0 Å². The summed E-state index contributed by atoms with van der Waals surface area (Å²) in [7, 11) is -1.27. The highest BCUT2D eigenvalue weighted by Gasteiger charge is 2.29. The first-order valence-corrected chi connectivity index (χ1v) is 16.6. The van der Waals surface area contributed by atoms with Crippen LogP contribution >= 0.6 is 31.9 Å². The second kappa shape index (κ2) is 11.6. The summed E-state index contributed by atoms with van der Waals surface area (Å²) in [5.74, 6) is -0.412. The van der Waals surface area contributed by atoms with Crippen LogP contribution in [-0.2, 0) is 17.6 Å². The normalized spacial score (nSPS) is 13.3. The van der Waals surface area contributed by atoms with Crippen molar-refractivity contribution in [1.29, 1.82) is 0 Å². The number of aromatic amines is 1. The topological polar surface area (TPSA) is 121 Å². The molecule has 1 amide bonds. The number of rotatable bonds is 10. The third kappa shape index (κ3) is 7.31. The van der Waals surface area contributed by atoms with Crippen LogP contribution in [0.4, 0.5) is 4.79 Å². The Hall–Kier alpha value is -2.37. The Labute approximate surface area is 222 Å². The molecule has 0 saturated heterocycles. The molecular weight excluding hydrogens is 598 g/mol. The van der Waals surface area contributed by atoms with Gasteiger partial charge in [-0.1, -0.05) is 19.6 Å². The number of benzene rings is 1. The molecule has 35 heavy (non-hydrogen) atoms. The number of carbonyl (C=O) groups excluding carboxylic acids is 3. The highest BCUT2D eigenvalue weighted by Crippen LogP contribution is 2.33. The number of phenols is 1. The number of hydrogen-bond acceptors (Lipinski definition) is 6. The number of aromatic hydroxyl groups is 1. The fourth-order valence-electron chi connectivity index (χ4n) is 3.56. The van der Waals surface area contributed by atoms with E-state index in [2.05, 4.69) is 67.1 Å². The van der Waals surface area contributed by atoms with Crippen LogP contribution in [0.5, 0.6) is 5.75 Å². The molecule has 0 radical (unpaired) electrons. The van der Waals surface area contributed by atoms with Gasteiger partial charge in [0.2, 0.25) is 5.78 Å². The minimum absolute atomic E-state index is 0.127. The van der Waals surface area contributed by atoms with Gasteiger partial charge in [0.1, 0.15) is 5.75 Å². The smallest absolute Gasteiger partial charge is 0.407 e. The van der Waals surface area contributed by atoms with Crippen LogP contribution in [0.2, 0.25) is 25.7 Å². The molecule has 8 nitrogen and oxygen atoms in total. The van der Waals surface area contributed by atoms with Gasteiger partial charge in [-0.15, -0.1) is 0 Å². The number of phenolic OH excluding ortho intramolecular Hbond substituents is 1. The quantitative estimate of drug-likeness (QED) is 0.277. The molecule has 0 atom stereocenters. The first-order valence-electron chi connectivity index (χ1n) is 11.3. The molecule has 0 spiro atoms. The highest BCUT2D eigenvalue weighted by molar-refractivity contribution is 9.11. The summed E-state index contributed by atoms with van der Waals surface area (Å²) in [6, 6.07) is 4.50. The molecule has 4 N–H and O–H groups in total. The van der Waals surface area contributed by atoms with Crippen molar-refractivity contribution >= 4 is 57.6 Å². The average Bonchev–Trinajstić information content (AvgIpc) is 3.19. The fraction of sp³-hybridized carbons (Fsp3) is 0.375. The van der Waals surface area contributed by atoms with Gasteiger partial charge in [-0.05, 0) is 74.0 Å². The number of alkyl carbamates (subject to hydrolysis) is 1. The second-order valence-electron chi connectivity index (χ2n) is 9.52. The Kier molecular flexibility index (Phi) is 9.00. The Balaban J connectivity index is 1.53. The van der Waals surface area contributed by atoms with E-state index < -0.39 is 14.2 Å². The third-order valence-corrected chi connectivity index (χ3v) is 8.42. The van der Waals surface area contributed by atoms with E-state index in [-0.39, 0.29) is 28.7 Å². The van der Waals surface area contributed by atoms with Crippen LogP contribution in [0.3, 0.4) is 0 Å². The van der Waals surface area contributed by atoms with Gasteiger partial charge in [-0.25, -0.2) is 4.79 Å². The minimum Gasteiger partial charge on any atom is -0.506 e. The standard InChI is InChI=1S/C24H29Br2N3O5Si/c1-35(2,3)9-8-34-24(33)28-7-5-15-13-29-21-20(15)19(30)12-18(23(21)32)27-6-4-14-10-16(25)22(31)17(26)11-14/h10-13,27,29,31H,4-9H2,1-3H3,(H,28,33). The number of fused-ring (bicyclic) bond motifs is 1. The first-order chi connectivity index (χ1) is 16.5. The molecule has 2 aromatic rings. The summed E-state index contributed by atoms with van der Waals surface area (Å²) in [6.07, 6.45) is 3.46. The molecule has 188 valence electrons. The zero-order chi connectivity index (χ0) is 25.8.